The van der Waals surface area contributed by atoms with Crippen LogP contribution in [-0.4, -0.2) is 16.3 Å². The largest absolute Gasteiger partial charge is 0.395 e. The molecule has 1 heterocycles. The zero-order valence-electron chi connectivity index (χ0n) is 18.5. The van der Waals surface area contributed by atoms with Crippen LogP contribution in [0.25, 0.3) is 16.6 Å². The van der Waals surface area contributed by atoms with Crippen molar-refractivity contribution in [3.05, 3.63) is 54.3 Å². The van der Waals surface area contributed by atoms with E-state index < -0.39 is 0 Å². The number of aliphatic hydroxyl groups excluding tert-OH is 1. The molecule has 4 aliphatic rings. The summed E-state index contributed by atoms with van der Waals surface area (Å²) in [7, 11) is 0. The lowest BCUT2D eigenvalue weighted by Crippen LogP contribution is -2.51. The SMILES string of the molecule is C[C@H]1CC[C@@]2(C)C(=CCC3C4CC=C(n5ccc6ccccc65)[C@@]4(CO)CCC32)C1. The van der Waals surface area contributed by atoms with E-state index in [4.69, 9.17) is 0 Å². The molecule has 3 unspecified atom stereocenters. The zero-order chi connectivity index (χ0) is 20.5. The van der Waals surface area contributed by atoms with Gasteiger partial charge in [0.05, 0.1) is 12.1 Å². The molecule has 1 N–H and O–H groups in total. The van der Waals surface area contributed by atoms with Gasteiger partial charge in [0, 0.05) is 17.3 Å². The summed E-state index contributed by atoms with van der Waals surface area (Å²) < 4.78 is 2.39. The van der Waals surface area contributed by atoms with Gasteiger partial charge in [0.15, 0.2) is 0 Å². The van der Waals surface area contributed by atoms with Gasteiger partial charge in [0.1, 0.15) is 0 Å². The Morgan fingerprint density at radius 1 is 1.03 bits per heavy atom. The van der Waals surface area contributed by atoms with Crippen molar-refractivity contribution in [2.75, 3.05) is 6.61 Å². The second-order valence-corrected chi connectivity index (χ2v) is 11.0. The van der Waals surface area contributed by atoms with Crippen molar-refractivity contribution < 1.29 is 5.11 Å². The topological polar surface area (TPSA) is 25.2 Å². The standard InChI is InChI=1S/C28H35NO/c1-19-11-14-27(2)21(17-19)7-8-22-23(27)12-15-28(18-30)24(22)9-10-26(28)29-16-13-20-5-3-4-6-25(20)29/h3-7,10,13,16,19,22-24,30H,8-9,11-12,14-15,17-18H2,1-2H3/t19-,22?,23?,24?,27-,28+/m0/s1. The minimum atomic E-state index is -0.0768. The van der Waals surface area contributed by atoms with Gasteiger partial charge in [-0.15, -0.1) is 0 Å². The fourth-order valence-electron chi connectivity index (χ4n) is 8.13. The summed E-state index contributed by atoms with van der Waals surface area (Å²) in [6, 6.07) is 10.9. The molecule has 1 aromatic carbocycles. The Hall–Kier alpha value is -1.80. The Kier molecular flexibility index (Phi) is 4.16. The van der Waals surface area contributed by atoms with Crippen molar-refractivity contribution in [2.24, 2.45) is 34.5 Å². The van der Waals surface area contributed by atoms with Gasteiger partial charge >= 0.3 is 0 Å². The van der Waals surface area contributed by atoms with Crippen molar-refractivity contribution in [3.63, 3.8) is 0 Å². The van der Waals surface area contributed by atoms with E-state index in [1.165, 1.54) is 48.7 Å². The van der Waals surface area contributed by atoms with E-state index in [9.17, 15) is 5.11 Å². The maximum absolute atomic E-state index is 10.8. The van der Waals surface area contributed by atoms with Crippen LogP contribution < -0.4 is 0 Å². The van der Waals surface area contributed by atoms with Crippen molar-refractivity contribution in [2.45, 2.75) is 58.8 Å². The van der Waals surface area contributed by atoms with E-state index in [1.807, 2.05) is 0 Å². The van der Waals surface area contributed by atoms with Gasteiger partial charge in [-0.3, -0.25) is 0 Å². The molecule has 2 saturated carbocycles. The highest BCUT2D eigenvalue weighted by atomic mass is 16.3. The molecule has 0 aliphatic heterocycles. The fourth-order valence-corrected chi connectivity index (χ4v) is 8.13. The van der Waals surface area contributed by atoms with Crippen molar-refractivity contribution in [1.82, 2.24) is 4.57 Å². The summed E-state index contributed by atoms with van der Waals surface area (Å²) in [5, 5.41) is 12.1. The van der Waals surface area contributed by atoms with Gasteiger partial charge in [0.25, 0.3) is 0 Å². The number of aromatic nitrogens is 1. The van der Waals surface area contributed by atoms with Gasteiger partial charge in [0.2, 0.25) is 0 Å². The van der Waals surface area contributed by atoms with Crippen molar-refractivity contribution >= 4 is 16.6 Å². The number of hydrogen-bond acceptors (Lipinski definition) is 1. The molecular formula is C28H35NO. The van der Waals surface area contributed by atoms with Gasteiger partial charge < -0.3 is 9.67 Å². The molecule has 2 heteroatoms. The van der Waals surface area contributed by atoms with Crippen LogP contribution in [-0.2, 0) is 0 Å². The Bertz CT molecular complexity index is 1040. The van der Waals surface area contributed by atoms with Crippen LogP contribution >= 0.6 is 0 Å². The summed E-state index contributed by atoms with van der Waals surface area (Å²) in [4.78, 5) is 0. The minimum Gasteiger partial charge on any atom is -0.395 e. The third-order valence-electron chi connectivity index (χ3n) is 9.77. The van der Waals surface area contributed by atoms with Crippen LogP contribution in [0.3, 0.4) is 0 Å². The van der Waals surface area contributed by atoms with Crippen LogP contribution in [0.4, 0.5) is 0 Å². The first-order valence-electron chi connectivity index (χ1n) is 12.1. The number of para-hydroxylation sites is 1. The van der Waals surface area contributed by atoms with E-state index in [-0.39, 0.29) is 12.0 Å². The molecule has 1 aromatic heterocycles. The fraction of sp³-hybridized carbons (Fsp3) is 0.571. The van der Waals surface area contributed by atoms with Gasteiger partial charge in [-0.1, -0.05) is 49.8 Å². The quantitative estimate of drug-likeness (QED) is 0.559. The number of allylic oxidation sites excluding steroid dienone is 3. The lowest BCUT2D eigenvalue weighted by atomic mass is 9.47. The van der Waals surface area contributed by atoms with Crippen LogP contribution in [0, 0.1) is 34.5 Å². The van der Waals surface area contributed by atoms with Crippen molar-refractivity contribution in [3.8, 4) is 0 Å². The lowest BCUT2D eigenvalue weighted by molar-refractivity contribution is -0.0416. The van der Waals surface area contributed by atoms with Crippen LogP contribution in [0.1, 0.15) is 58.8 Å². The smallest absolute Gasteiger partial charge is 0.0545 e. The summed E-state index contributed by atoms with van der Waals surface area (Å²) in [6.07, 6.45) is 16.1. The Balaban J connectivity index is 1.39. The molecule has 30 heavy (non-hydrogen) atoms. The Morgan fingerprint density at radius 2 is 1.90 bits per heavy atom. The lowest BCUT2D eigenvalue weighted by Gasteiger charge is -2.58. The molecule has 2 aromatic rings. The molecule has 2 fully saturated rings. The second kappa shape index (κ2) is 6.60. The molecular weight excluding hydrogens is 366 g/mol. The van der Waals surface area contributed by atoms with E-state index in [2.05, 4.69) is 67.1 Å². The average molecular weight is 402 g/mol. The second-order valence-electron chi connectivity index (χ2n) is 11.0. The highest BCUT2D eigenvalue weighted by molar-refractivity contribution is 5.84. The number of benzene rings is 1. The monoisotopic (exact) mass is 401 g/mol. The highest BCUT2D eigenvalue weighted by Gasteiger charge is 2.58. The van der Waals surface area contributed by atoms with Gasteiger partial charge in [-0.25, -0.2) is 0 Å². The zero-order valence-corrected chi connectivity index (χ0v) is 18.5. The van der Waals surface area contributed by atoms with Gasteiger partial charge in [-0.05, 0) is 91.6 Å². The van der Waals surface area contributed by atoms with Crippen LogP contribution in [0.15, 0.2) is 54.3 Å². The first-order chi connectivity index (χ1) is 14.6. The molecule has 2 nitrogen and oxygen atoms in total. The third kappa shape index (κ3) is 2.40. The van der Waals surface area contributed by atoms with Crippen molar-refractivity contribution in [1.29, 1.82) is 0 Å². The van der Waals surface area contributed by atoms with E-state index >= 15 is 0 Å². The number of nitrogens with zero attached hydrogens (tertiary/aromatic N) is 1. The molecule has 0 radical (unpaired) electrons. The summed E-state index contributed by atoms with van der Waals surface area (Å²) in [6.45, 7) is 5.29. The third-order valence-corrected chi connectivity index (χ3v) is 9.77. The molecule has 0 bridgehead atoms. The van der Waals surface area contributed by atoms with E-state index in [0.717, 1.165) is 24.7 Å². The normalized spacial score (nSPS) is 40.4. The summed E-state index contributed by atoms with van der Waals surface area (Å²) >= 11 is 0. The predicted octanol–water partition coefficient (Wildman–Crippen LogP) is 6.66. The molecule has 6 rings (SSSR count). The van der Waals surface area contributed by atoms with Crippen LogP contribution in [0.2, 0.25) is 0 Å². The Morgan fingerprint density at radius 3 is 2.77 bits per heavy atom. The van der Waals surface area contributed by atoms with Crippen LogP contribution in [0.5, 0.6) is 0 Å². The molecule has 6 atom stereocenters. The average Bonchev–Trinajstić information content (AvgIpc) is 3.35. The predicted molar refractivity (Wildman–Crippen MR) is 124 cm³/mol. The van der Waals surface area contributed by atoms with E-state index in [0.29, 0.717) is 17.3 Å². The first-order valence-corrected chi connectivity index (χ1v) is 12.1. The maximum atomic E-state index is 10.8. The van der Waals surface area contributed by atoms with Gasteiger partial charge in [-0.2, -0.15) is 0 Å². The minimum absolute atomic E-state index is 0.0768. The molecule has 0 spiro atoms. The highest BCUT2D eigenvalue weighted by Crippen LogP contribution is 2.66. The number of fused-ring (bicyclic) bond motifs is 6. The maximum Gasteiger partial charge on any atom is 0.0545 e. The Labute approximate surface area is 180 Å². The molecule has 0 amide bonds. The number of rotatable bonds is 2. The molecule has 158 valence electrons. The first kappa shape index (κ1) is 18.9. The molecule has 0 saturated heterocycles. The number of aliphatic hydroxyl groups is 1. The summed E-state index contributed by atoms with van der Waals surface area (Å²) in [5.74, 6) is 2.93. The summed E-state index contributed by atoms with van der Waals surface area (Å²) in [5.41, 5.74) is 4.74. The van der Waals surface area contributed by atoms with E-state index in [1.54, 1.807) is 5.57 Å². The number of hydrogen-bond donors (Lipinski definition) is 1. The molecule has 4 aliphatic carbocycles.